The van der Waals surface area contributed by atoms with Gasteiger partial charge in [0, 0.05) is 98.4 Å². The Kier molecular flexibility index (Phi) is 11.5. The van der Waals surface area contributed by atoms with E-state index in [1.807, 2.05) is 0 Å². The van der Waals surface area contributed by atoms with E-state index in [4.69, 9.17) is 10.2 Å². The lowest BCUT2D eigenvalue weighted by Gasteiger charge is -2.21. The van der Waals surface area contributed by atoms with Gasteiger partial charge in [-0.25, -0.2) is 19.4 Å². The maximum atomic E-state index is 12.5. The maximum Gasteiger partial charge on any atom is 0.335 e. The Labute approximate surface area is 329 Å². The van der Waals surface area contributed by atoms with Crippen molar-refractivity contribution >= 4 is 133 Å². The Morgan fingerprint density at radius 3 is 1.12 bits per heavy atom. The normalized spacial score (nSPS) is 14.3. The molecular weight excluding hydrogens is 1100 g/mol. The molecule has 4 amide bonds. The second kappa shape index (κ2) is 15.3. The minimum absolute atomic E-state index is 0.0216. The summed E-state index contributed by atoms with van der Waals surface area (Å²) in [4.78, 5) is 97.0. The minimum Gasteiger partial charge on any atom is -0.478 e. The highest BCUT2D eigenvalue weighted by atomic mass is 128. The van der Waals surface area contributed by atoms with Gasteiger partial charge < -0.3 is 10.2 Å². The van der Waals surface area contributed by atoms with Crippen LogP contribution in [0.15, 0.2) is 72.8 Å². The second-order valence-electron chi connectivity index (χ2n) is 10.9. The number of fused-ring (bicyclic) bond motifs is 4. The van der Waals surface area contributed by atoms with E-state index in [-0.39, 0.29) is 44.9 Å². The van der Waals surface area contributed by atoms with E-state index in [1.165, 1.54) is 48.5 Å². The Morgan fingerprint density at radius 2 is 0.800 bits per heavy atom. The Bertz CT molecular complexity index is 2060. The molecule has 0 fully saturated rings. The van der Waals surface area contributed by atoms with Crippen LogP contribution in [0.5, 0.6) is 0 Å². The summed E-state index contributed by atoms with van der Waals surface area (Å²) in [5.74, 6) is -4.59. The van der Waals surface area contributed by atoms with Crippen LogP contribution in [0.4, 0.5) is 11.4 Å². The van der Waals surface area contributed by atoms with Crippen molar-refractivity contribution in [2.45, 2.75) is 12.8 Å². The molecule has 2 N–H and O–H groups in total. The van der Waals surface area contributed by atoms with Gasteiger partial charge in [-0.2, -0.15) is 0 Å². The van der Waals surface area contributed by atoms with Crippen LogP contribution in [-0.4, -0.2) is 57.3 Å². The van der Waals surface area contributed by atoms with E-state index in [0.717, 1.165) is 20.9 Å². The van der Waals surface area contributed by atoms with Crippen LogP contribution >= 0.6 is 74.5 Å². The van der Waals surface area contributed by atoms with Gasteiger partial charge >= 0.3 is 11.9 Å². The lowest BCUT2D eigenvalue weighted by Crippen LogP contribution is -2.30. The number of carbonyl (C=O) groups is 8. The first-order chi connectivity index (χ1) is 23.9. The number of benzene rings is 4. The third-order valence-corrected chi connectivity index (χ3v) is 8.27. The predicted molar refractivity (Wildman–Crippen MR) is 214 cm³/mol. The summed E-state index contributed by atoms with van der Waals surface area (Å²) in [5, 5.41) is 18.0. The van der Waals surface area contributed by atoms with Gasteiger partial charge in [-0.15, -0.1) is 0 Å². The maximum absolute atomic E-state index is 12.5. The fraction of sp³-hybridized carbons (Fsp3) is 0.0588. The lowest BCUT2D eigenvalue weighted by atomic mass is 9.87. The van der Waals surface area contributed by atoms with Crippen molar-refractivity contribution in [2.24, 2.45) is 0 Å². The summed E-state index contributed by atoms with van der Waals surface area (Å²) in [5.41, 5.74) is 3.79. The van der Waals surface area contributed by atoms with Gasteiger partial charge in [0.05, 0.1) is 44.8 Å². The zero-order valence-electron chi connectivity index (χ0n) is 24.9. The van der Waals surface area contributed by atoms with E-state index in [2.05, 4.69) is 74.5 Å². The molecule has 4 aromatic rings. The van der Waals surface area contributed by atoms with E-state index in [1.54, 1.807) is 24.3 Å². The zero-order chi connectivity index (χ0) is 36.6. The highest BCUT2D eigenvalue weighted by Gasteiger charge is 2.39. The lowest BCUT2D eigenvalue weighted by molar-refractivity contribution is 0.0686. The number of halogens is 4. The van der Waals surface area contributed by atoms with E-state index in [0.29, 0.717) is 35.3 Å². The van der Waals surface area contributed by atoms with Crippen molar-refractivity contribution < 1.29 is 48.6 Å². The van der Waals surface area contributed by atoms with Crippen molar-refractivity contribution in [2.75, 3.05) is 9.80 Å². The average Bonchev–Trinajstić information content (AvgIpc) is 3.52. The van der Waals surface area contributed by atoms with Gasteiger partial charge in [0.15, 0.2) is 11.6 Å². The van der Waals surface area contributed by atoms with Crippen molar-refractivity contribution in [1.82, 2.24) is 0 Å². The zero-order valence-corrected chi connectivity index (χ0v) is 33.5. The standard InChI is InChI=1S/2C17H9NO5.2I2/c2*19-14-6-8-1-3-10(7-12(8)14)18-15(20)11-4-2-9(17(22)23)5-13(11)16(18)21;2*1-2/h2*1-5,7H,6H2,(H,22,23);;. The van der Waals surface area contributed by atoms with E-state index < -0.39 is 35.6 Å². The average molecular weight is 1120 g/mol. The number of aromatic carboxylic acids is 2. The van der Waals surface area contributed by atoms with Crippen LogP contribution in [0.3, 0.4) is 0 Å². The Hall–Kier alpha value is -3.64. The number of carboxylic acids is 2. The molecule has 4 aliphatic rings. The number of nitrogens with zero attached hydrogens (tertiary/aromatic N) is 2. The van der Waals surface area contributed by atoms with Gasteiger partial charge in [-0.1, -0.05) is 12.1 Å². The van der Waals surface area contributed by atoms with Crippen LogP contribution < -0.4 is 9.80 Å². The van der Waals surface area contributed by atoms with Gasteiger partial charge in [0.25, 0.3) is 23.6 Å². The number of imide groups is 2. The van der Waals surface area contributed by atoms with Gasteiger partial charge in [0.1, 0.15) is 0 Å². The molecule has 0 unspecified atom stereocenters. The van der Waals surface area contributed by atoms with E-state index in [9.17, 15) is 38.4 Å². The molecule has 8 rings (SSSR count). The predicted octanol–water partition coefficient (Wildman–Crippen LogP) is 7.39. The van der Waals surface area contributed by atoms with Gasteiger partial charge in [-0.05, 0) is 71.8 Å². The third-order valence-electron chi connectivity index (χ3n) is 8.27. The fourth-order valence-electron chi connectivity index (χ4n) is 5.77. The SMILES string of the molecule is II.II.O=C(O)c1ccc2c(c1)C(=O)N(c1ccc3c(c1)C(=O)C3)C2=O.O=C(O)c1ccc2c(c1)C(=O)N(c1ccc3c(c1)C(=O)C3)C2=O. The van der Waals surface area contributed by atoms with Crippen molar-refractivity contribution in [3.05, 3.63) is 128 Å². The first kappa shape index (κ1) is 37.6. The number of rotatable bonds is 4. The molecule has 0 radical (unpaired) electrons. The second-order valence-corrected chi connectivity index (χ2v) is 10.9. The number of carbonyl (C=O) groups excluding carboxylic acids is 6. The smallest absolute Gasteiger partial charge is 0.335 e. The van der Waals surface area contributed by atoms with Gasteiger partial charge in [-0.3, -0.25) is 28.8 Å². The number of Topliss-reactive ketones (excluding diaryl/α,β-unsaturated/α-hetero) is 2. The number of anilines is 2. The molecule has 0 bridgehead atoms. The van der Waals surface area contributed by atoms with E-state index >= 15 is 0 Å². The molecular formula is C34H18I4N2O10. The molecule has 0 saturated carbocycles. The molecule has 2 aliphatic heterocycles. The number of hydrogen-bond acceptors (Lipinski definition) is 8. The number of ketones is 2. The molecule has 12 nitrogen and oxygen atoms in total. The largest absolute Gasteiger partial charge is 0.478 e. The Morgan fingerprint density at radius 1 is 0.460 bits per heavy atom. The van der Waals surface area contributed by atoms with Crippen LogP contribution in [0.2, 0.25) is 0 Å². The highest BCUT2D eigenvalue weighted by Crippen LogP contribution is 2.35. The minimum atomic E-state index is -1.17. The molecule has 0 saturated heterocycles. The molecule has 0 aromatic heterocycles. The van der Waals surface area contributed by atoms with Gasteiger partial charge in [0.2, 0.25) is 0 Å². The first-order valence-corrected chi connectivity index (χ1v) is 26.6. The topological polar surface area (TPSA) is 183 Å². The summed E-state index contributed by atoms with van der Waals surface area (Å²) < 4.78 is 0. The molecule has 2 aliphatic carbocycles. The van der Waals surface area contributed by atoms with Crippen LogP contribution in [0, 0.1) is 0 Å². The highest BCUT2D eigenvalue weighted by molar-refractivity contribution is 15.0. The molecule has 50 heavy (non-hydrogen) atoms. The monoisotopic (exact) mass is 1120 g/mol. The van der Waals surface area contributed by atoms with Crippen LogP contribution in [0.1, 0.15) is 94.0 Å². The van der Waals surface area contributed by atoms with Crippen molar-refractivity contribution in [1.29, 1.82) is 0 Å². The quantitative estimate of drug-likeness (QED) is 0.154. The summed E-state index contributed by atoms with van der Waals surface area (Å²) >= 11 is 8.48. The fourth-order valence-corrected chi connectivity index (χ4v) is 5.77. The van der Waals surface area contributed by atoms with Crippen molar-refractivity contribution in [3.8, 4) is 0 Å². The molecule has 16 heteroatoms. The molecule has 0 spiro atoms. The van der Waals surface area contributed by atoms with Crippen LogP contribution in [0.25, 0.3) is 0 Å². The molecule has 0 atom stereocenters. The summed E-state index contributed by atoms with van der Waals surface area (Å²) in [6, 6.07) is 17.4. The number of carboxylic acid groups (broad SMARTS) is 2. The third kappa shape index (κ3) is 6.61. The van der Waals surface area contributed by atoms with Crippen molar-refractivity contribution in [3.63, 3.8) is 0 Å². The number of hydrogen-bond donors (Lipinski definition) is 2. The summed E-state index contributed by atoms with van der Waals surface area (Å²) in [6.45, 7) is 0. The number of amides is 4. The molecule has 4 aromatic carbocycles. The molecule has 2 heterocycles. The summed E-state index contributed by atoms with van der Waals surface area (Å²) in [6.07, 6.45) is 0.749. The molecule has 252 valence electrons. The summed E-state index contributed by atoms with van der Waals surface area (Å²) in [7, 11) is 0. The first-order valence-electron chi connectivity index (χ1n) is 14.1. The Balaban J connectivity index is 0.000000177. The van der Waals surface area contributed by atoms with Crippen LogP contribution in [-0.2, 0) is 12.8 Å².